The third-order valence-corrected chi connectivity index (χ3v) is 3.61. The van der Waals surface area contributed by atoms with Crippen LogP contribution in [-0.2, 0) is 4.74 Å². The van der Waals surface area contributed by atoms with E-state index in [1.807, 2.05) is 6.07 Å². The molecule has 0 bridgehead atoms. The molecule has 18 heavy (non-hydrogen) atoms. The van der Waals surface area contributed by atoms with E-state index >= 15 is 0 Å². The van der Waals surface area contributed by atoms with Gasteiger partial charge in [-0.1, -0.05) is 13.0 Å². The van der Waals surface area contributed by atoms with Gasteiger partial charge in [-0.25, -0.2) is 4.98 Å². The van der Waals surface area contributed by atoms with E-state index < -0.39 is 0 Å². The average molecular weight is 249 g/mol. The predicted molar refractivity (Wildman–Crippen MR) is 75.2 cm³/mol. The molecule has 1 aromatic rings. The number of rotatable bonds is 4. The Labute approximate surface area is 109 Å². The number of nitrogens with zero attached hydrogens (tertiary/aromatic N) is 2. The quantitative estimate of drug-likeness (QED) is 0.889. The first kappa shape index (κ1) is 13.1. The fourth-order valence-electron chi connectivity index (χ4n) is 2.43. The molecule has 1 aliphatic heterocycles. The van der Waals surface area contributed by atoms with E-state index in [2.05, 4.69) is 41.2 Å². The lowest BCUT2D eigenvalue weighted by Crippen LogP contribution is -2.44. The zero-order valence-electron chi connectivity index (χ0n) is 11.5. The van der Waals surface area contributed by atoms with Crippen molar-refractivity contribution in [2.24, 2.45) is 5.92 Å². The molecule has 1 fully saturated rings. The Bertz CT molecular complexity index is 383. The van der Waals surface area contributed by atoms with E-state index in [1.54, 1.807) is 7.11 Å². The summed E-state index contributed by atoms with van der Waals surface area (Å²) < 4.78 is 5.55. The van der Waals surface area contributed by atoms with Crippen LogP contribution in [0, 0.1) is 5.92 Å². The van der Waals surface area contributed by atoms with Crippen molar-refractivity contribution in [1.29, 1.82) is 0 Å². The fourth-order valence-corrected chi connectivity index (χ4v) is 2.43. The van der Waals surface area contributed by atoms with Crippen LogP contribution in [0.4, 0.5) is 11.6 Å². The number of ether oxygens (including phenoxy) is 1. The largest absolute Gasteiger partial charge is 0.379 e. The molecule has 2 rings (SSSR count). The van der Waals surface area contributed by atoms with Gasteiger partial charge in [0.05, 0.1) is 6.10 Å². The van der Waals surface area contributed by atoms with Gasteiger partial charge in [0.2, 0.25) is 0 Å². The van der Waals surface area contributed by atoms with Gasteiger partial charge in [-0.3, -0.25) is 0 Å². The molecular weight excluding hydrogens is 226 g/mol. The lowest BCUT2D eigenvalue weighted by atomic mass is 9.96. The number of hydrogen-bond acceptors (Lipinski definition) is 4. The van der Waals surface area contributed by atoms with E-state index in [9.17, 15) is 0 Å². The molecule has 4 nitrogen and oxygen atoms in total. The van der Waals surface area contributed by atoms with Crippen molar-refractivity contribution in [1.82, 2.24) is 4.98 Å². The lowest BCUT2D eigenvalue weighted by Gasteiger charge is -2.37. The molecule has 0 amide bonds. The molecule has 0 spiro atoms. The van der Waals surface area contributed by atoms with Gasteiger partial charge in [-0.15, -0.1) is 0 Å². The zero-order chi connectivity index (χ0) is 13.0. The van der Waals surface area contributed by atoms with Crippen LogP contribution in [0.2, 0.25) is 0 Å². The lowest BCUT2D eigenvalue weighted by molar-refractivity contribution is 0.0496. The maximum absolute atomic E-state index is 5.55. The number of piperidine rings is 1. The Morgan fingerprint density at radius 3 is 3.06 bits per heavy atom. The Morgan fingerprint density at radius 2 is 2.33 bits per heavy atom. The van der Waals surface area contributed by atoms with Crippen LogP contribution in [0.1, 0.15) is 20.3 Å². The van der Waals surface area contributed by atoms with Gasteiger partial charge in [-0.2, -0.15) is 0 Å². The Hall–Kier alpha value is -1.29. The summed E-state index contributed by atoms with van der Waals surface area (Å²) in [7, 11) is 1.80. The van der Waals surface area contributed by atoms with Crippen molar-refractivity contribution in [3.63, 3.8) is 0 Å². The molecule has 2 unspecified atom stereocenters. The summed E-state index contributed by atoms with van der Waals surface area (Å²) in [5, 5.41) is 3.25. The third kappa shape index (κ3) is 2.93. The number of anilines is 2. The summed E-state index contributed by atoms with van der Waals surface area (Å²) in [5.74, 6) is 2.62. The second-order valence-electron chi connectivity index (χ2n) is 4.90. The topological polar surface area (TPSA) is 37.4 Å². The zero-order valence-corrected chi connectivity index (χ0v) is 11.5. The number of nitrogens with one attached hydrogen (secondary N) is 1. The summed E-state index contributed by atoms with van der Waals surface area (Å²) in [6.45, 7) is 7.23. The van der Waals surface area contributed by atoms with Crippen LogP contribution in [0.15, 0.2) is 18.2 Å². The Morgan fingerprint density at radius 1 is 1.50 bits per heavy atom. The van der Waals surface area contributed by atoms with Gasteiger partial charge in [0.15, 0.2) is 0 Å². The van der Waals surface area contributed by atoms with E-state index in [0.717, 1.165) is 37.7 Å². The SMILES string of the molecule is CCNc1cccc(N2CCC(C)C(OC)C2)n1. The summed E-state index contributed by atoms with van der Waals surface area (Å²) in [6, 6.07) is 6.14. The average Bonchev–Trinajstić information content (AvgIpc) is 2.40. The molecule has 2 atom stereocenters. The molecule has 1 N–H and O–H groups in total. The van der Waals surface area contributed by atoms with Crippen LogP contribution in [-0.4, -0.2) is 37.8 Å². The first-order valence-electron chi connectivity index (χ1n) is 6.73. The van der Waals surface area contributed by atoms with Crippen molar-refractivity contribution in [3.8, 4) is 0 Å². The molecule has 0 saturated carbocycles. The second-order valence-corrected chi connectivity index (χ2v) is 4.90. The number of pyridine rings is 1. The Kier molecular flexibility index (Phi) is 4.42. The van der Waals surface area contributed by atoms with Crippen molar-refractivity contribution in [3.05, 3.63) is 18.2 Å². The standard InChI is InChI=1S/C14H23N3O/c1-4-15-13-6-5-7-14(16-13)17-9-8-11(2)12(10-17)18-3/h5-7,11-12H,4,8-10H2,1-3H3,(H,15,16). The number of aromatic nitrogens is 1. The van der Waals surface area contributed by atoms with Crippen LogP contribution < -0.4 is 10.2 Å². The molecule has 1 saturated heterocycles. The fraction of sp³-hybridized carbons (Fsp3) is 0.643. The maximum atomic E-state index is 5.55. The van der Waals surface area contributed by atoms with Crippen molar-refractivity contribution in [2.75, 3.05) is 37.0 Å². The smallest absolute Gasteiger partial charge is 0.131 e. The van der Waals surface area contributed by atoms with E-state index in [-0.39, 0.29) is 0 Å². The third-order valence-electron chi connectivity index (χ3n) is 3.61. The monoisotopic (exact) mass is 249 g/mol. The molecule has 100 valence electrons. The van der Waals surface area contributed by atoms with Crippen LogP contribution in [0.25, 0.3) is 0 Å². The van der Waals surface area contributed by atoms with E-state index in [0.29, 0.717) is 12.0 Å². The number of hydrogen-bond donors (Lipinski definition) is 1. The normalized spacial score (nSPS) is 24.1. The molecule has 1 aliphatic rings. The van der Waals surface area contributed by atoms with Crippen molar-refractivity contribution < 1.29 is 4.74 Å². The highest BCUT2D eigenvalue weighted by Crippen LogP contribution is 2.24. The molecular formula is C14H23N3O. The van der Waals surface area contributed by atoms with Crippen molar-refractivity contribution in [2.45, 2.75) is 26.4 Å². The molecule has 0 aliphatic carbocycles. The summed E-state index contributed by atoms with van der Waals surface area (Å²) >= 11 is 0. The molecule has 0 radical (unpaired) electrons. The van der Waals surface area contributed by atoms with Crippen LogP contribution in [0.5, 0.6) is 0 Å². The van der Waals surface area contributed by atoms with Gasteiger partial charge in [0, 0.05) is 26.7 Å². The van der Waals surface area contributed by atoms with Crippen molar-refractivity contribution >= 4 is 11.6 Å². The highest BCUT2D eigenvalue weighted by atomic mass is 16.5. The minimum atomic E-state index is 0.309. The minimum absolute atomic E-state index is 0.309. The van der Waals surface area contributed by atoms with E-state index in [4.69, 9.17) is 4.74 Å². The van der Waals surface area contributed by atoms with Gasteiger partial charge in [-0.05, 0) is 31.4 Å². The number of methoxy groups -OCH3 is 1. The molecule has 0 aromatic carbocycles. The first-order chi connectivity index (χ1) is 8.74. The van der Waals surface area contributed by atoms with Gasteiger partial charge in [0.1, 0.15) is 11.6 Å². The van der Waals surface area contributed by atoms with Gasteiger partial charge >= 0.3 is 0 Å². The second kappa shape index (κ2) is 6.05. The molecule has 1 aromatic heterocycles. The van der Waals surface area contributed by atoms with Gasteiger partial charge < -0.3 is 15.0 Å². The summed E-state index contributed by atoms with van der Waals surface area (Å²) in [5.41, 5.74) is 0. The first-order valence-corrected chi connectivity index (χ1v) is 6.73. The highest BCUT2D eigenvalue weighted by Gasteiger charge is 2.26. The van der Waals surface area contributed by atoms with Crippen LogP contribution >= 0.6 is 0 Å². The summed E-state index contributed by atoms with van der Waals surface area (Å²) in [4.78, 5) is 6.95. The van der Waals surface area contributed by atoms with Gasteiger partial charge in [0.25, 0.3) is 0 Å². The van der Waals surface area contributed by atoms with E-state index in [1.165, 1.54) is 0 Å². The predicted octanol–water partition coefficient (Wildman–Crippen LogP) is 2.37. The Balaban J connectivity index is 2.09. The van der Waals surface area contributed by atoms with Crippen LogP contribution in [0.3, 0.4) is 0 Å². The maximum Gasteiger partial charge on any atom is 0.131 e. The molecule has 2 heterocycles. The summed E-state index contributed by atoms with van der Waals surface area (Å²) in [6.07, 6.45) is 1.47. The highest BCUT2D eigenvalue weighted by molar-refractivity contribution is 5.47. The molecule has 4 heteroatoms. The minimum Gasteiger partial charge on any atom is -0.379 e.